The van der Waals surface area contributed by atoms with Crippen LogP contribution in [0.15, 0.2) is 12.3 Å². The van der Waals surface area contributed by atoms with Gasteiger partial charge in [0.1, 0.15) is 17.8 Å². The van der Waals surface area contributed by atoms with Gasteiger partial charge in [0, 0.05) is 18.5 Å². The van der Waals surface area contributed by atoms with Crippen molar-refractivity contribution in [1.29, 1.82) is 0 Å². The average molecular weight is 316 g/mol. The van der Waals surface area contributed by atoms with E-state index in [1.54, 1.807) is 13.0 Å². The van der Waals surface area contributed by atoms with Crippen LogP contribution >= 0.6 is 0 Å². The van der Waals surface area contributed by atoms with Crippen molar-refractivity contribution in [2.45, 2.75) is 46.2 Å². The maximum Gasteiger partial charge on any atom is 0.290 e. The van der Waals surface area contributed by atoms with Gasteiger partial charge in [0.2, 0.25) is 0 Å². The van der Waals surface area contributed by atoms with E-state index in [4.69, 9.17) is 0 Å². The van der Waals surface area contributed by atoms with Gasteiger partial charge < -0.3 is 9.88 Å². The minimum Gasteiger partial charge on any atom is -0.360 e. The number of rotatable bonds is 5. The Balaban J connectivity index is 1.88. The van der Waals surface area contributed by atoms with Gasteiger partial charge >= 0.3 is 0 Å². The van der Waals surface area contributed by atoms with Crippen molar-refractivity contribution < 1.29 is 4.92 Å². The molecule has 0 saturated heterocycles. The number of hydrogen-bond donors (Lipinski definition) is 1. The molecule has 23 heavy (non-hydrogen) atoms. The summed E-state index contributed by atoms with van der Waals surface area (Å²) in [6.07, 6.45) is 3.35. The highest BCUT2D eigenvalue weighted by Gasteiger charge is 2.26. The molecule has 1 atom stereocenters. The van der Waals surface area contributed by atoms with Crippen LogP contribution in [0.4, 0.5) is 11.5 Å². The smallest absolute Gasteiger partial charge is 0.290 e. The van der Waals surface area contributed by atoms with Crippen LogP contribution in [0.25, 0.3) is 0 Å². The number of aryl methyl sites for hydroxylation is 2. The lowest BCUT2D eigenvalue weighted by atomic mass is 10.0. The molecule has 1 aliphatic rings. The predicted molar refractivity (Wildman–Crippen MR) is 85.2 cm³/mol. The number of hydrogen-bond acceptors (Lipinski definition) is 6. The van der Waals surface area contributed by atoms with Crippen LogP contribution in [0, 0.1) is 23.0 Å². The number of nitro groups is 1. The highest BCUT2D eigenvalue weighted by atomic mass is 16.6. The Hall–Kier alpha value is -2.51. The summed E-state index contributed by atoms with van der Waals surface area (Å²) in [6.45, 7) is 6.86. The Morgan fingerprint density at radius 1 is 1.39 bits per heavy atom. The van der Waals surface area contributed by atoms with E-state index in [0.29, 0.717) is 11.4 Å². The molecule has 0 radical (unpaired) electrons. The molecule has 0 spiro atoms. The third-order valence-corrected chi connectivity index (χ3v) is 4.17. The average Bonchev–Trinajstić information content (AvgIpc) is 3.07. The van der Waals surface area contributed by atoms with Gasteiger partial charge in [-0.05, 0) is 25.3 Å². The Bertz CT molecular complexity index is 740. The Kier molecular flexibility index (Phi) is 3.97. The Morgan fingerprint density at radius 3 is 2.83 bits per heavy atom. The number of nitrogens with zero attached hydrogens (tertiary/aromatic N) is 5. The van der Waals surface area contributed by atoms with Crippen molar-refractivity contribution in [3.8, 4) is 0 Å². The first-order valence-electron chi connectivity index (χ1n) is 7.77. The molecule has 1 N–H and O–H groups in total. The largest absolute Gasteiger partial charge is 0.360 e. The Labute approximate surface area is 134 Å². The zero-order chi connectivity index (χ0) is 16.6. The lowest BCUT2D eigenvalue weighted by Gasteiger charge is -2.22. The van der Waals surface area contributed by atoms with Gasteiger partial charge in [-0.3, -0.25) is 10.1 Å². The topological polar surface area (TPSA) is 98.8 Å². The monoisotopic (exact) mass is 316 g/mol. The quantitative estimate of drug-likeness (QED) is 0.672. The van der Waals surface area contributed by atoms with Gasteiger partial charge in [0.15, 0.2) is 5.82 Å². The molecule has 0 bridgehead atoms. The highest BCUT2D eigenvalue weighted by molar-refractivity contribution is 5.47. The first kappa shape index (κ1) is 15.4. The van der Waals surface area contributed by atoms with E-state index in [1.807, 2.05) is 0 Å². The molecule has 2 aromatic rings. The molecule has 8 heteroatoms. The van der Waals surface area contributed by atoms with E-state index < -0.39 is 4.92 Å². The maximum atomic E-state index is 10.9. The van der Waals surface area contributed by atoms with Crippen LogP contribution in [0.3, 0.4) is 0 Å². The number of aromatic nitrogens is 4. The standard InChI is InChI=1S/C15H20N6O2/c1-9(2)14(15-19-18-13-5-4-6-20(13)15)17-12-7-10(3)11(8-16-12)21(22)23/h7-9,14H,4-6H2,1-3H3,(H,16,17)/t14-/m0/s1. The SMILES string of the molecule is Cc1cc(N[C@H](c2nnc3n2CCC3)C(C)C)ncc1[N+](=O)[O-]. The van der Waals surface area contributed by atoms with E-state index >= 15 is 0 Å². The molecule has 0 aliphatic carbocycles. The third-order valence-electron chi connectivity index (χ3n) is 4.17. The fraction of sp³-hybridized carbons (Fsp3) is 0.533. The lowest BCUT2D eigenvalue weighted by Crippen LogP contribution is -2.22. The molecule has 122 valence electrons. The van der Waals surface area contributed by atoms with Crippen LogP contribution in [0.5, 0.6) is 0 Å². The fourth-order valence-corrected chi connectivity index (χ4v) is 2.91. The number of fused-ring (bicyclic) bond motifs is 1. The molecular weight excluding hydrogens is 296 g/mol. The molecule has 0 unspecified atom stereocenters. The maximum absolute atomic E-state index is 10.9. The molecule has 0 saturated carbocycles. The predicted octanol–water partition coefficient (Wildman–Crippen LogP) is 2.65. The van der Waals surface area contributed by atoms with E-state index in [0.717, 1.165) is 31.0 Å². The van der Waals surface area contributed by atoms with Crippen molar-refractivity contribution >= 4 is 11.5 Å². The summed E-state index contributed by atoms with van der Waals surface area (Å²) in [5, 5.41) is 22.9. The molecule has 0 aromatic carbocycles. The van der Waals surface area contributed by atoms with Crippen LogP contribution in [0.2, 0.25) is 0 Å². The van der Waals surface area contributed by atoms with Crippen molar-refractivity contribution in [3.63, 3.8) is 0 Å². The second-order valence-electron chi connectivity index (χ2n) is 6.21. The number of nitrogens with one attached hydrogen (secondary N) is 1. The molecule has 3 rings (SSSR count). The van der Waals surface area contributed by atoms with Crippen molar-refractivity contribution in [2.24, 2.45) is 5.92 Å². The van der Waals surface area contributed by atoms with Crippen molar-refractivity contribution in [1.82, 2.24) is 19.7 Å². The number of pyridine rings is 1. The van der Waals surface area contributed by atoms with Crippen molar-refractivity contribution in [3.05, 3.63) is 39.6 Å². The minimum absolute atomic E-state index is 0.0278. The molecule has 0 fully saturated rings. The van der Waals surface area contributed by atoms with Crippen molar-refractivity contribution in [2.75, 3.05) is 5.32 Å². The van der Waals surface area contributed by atoms with Crippen LogP contribution in [0.1, 0.15) is 43.5 Å². The number of anilines is 1. The first-order valence-corrected chi connectivity index (χ1v) is 7.77. The summed E-state index contributed by atoms with van der Waals surface area (Å²) in [5.74, 6) is 2.83. The van der Waals surface area contributed by atoms with Gasteiger partial charge in [0.25, 0.3) is 5.69 Å². The summed E-state index contributed by atoms with van der Waals surface area (Å²) in [6, 6.07) is 1.66. The zero-order valence-corrected chi connectivity index (χ0v) is 13.5. The summed E-state index contributed by atoms with van der Waals surface area (Å²) in [4.78, 5) is 14.7. The van der Waals surface area contributed by atoms with E-state index in [9.17, 15) is 10.1 Å². The molecule has 2 aromatic heterocycles. The van der Waals surface area contributed by atoms with Gasteiger partial charge in [-0.1, -0.05) is 13.8 Å². The van der Waals surface area contributed by atoms with Gasteiger partial charge in [-0.2, -0.15) is 0 Å². The summed E-state index contributed by atoms with van der Waals surface area (Å²) >= 11 is 0. The zero-order valence-electron chi connectivity index (χ0n) is 13.5. The van der Waals surface area contributed by atoms with Gasteiger partial charge in [0.05, 0.1) is 11.0 Å². The minimum atomic E-state index is -0.419. The summed E-state index contributed by atoms with van der Waals surface area (Å²) in [5.41, 5.74) is 0.612. The lowest BCUT2D eigenvalue weighted by molar-refractivity contribution is -0.385. The summed E-state index contributed by atoms with van der Waals surface area (Å²) in [7, 11) is 0. The first-order chi connectivity index (χ1) is 11.0. The van der Waals surface area contributed by atoms with Crippen LogP contribution in [-0.2, 0) is 13.0 Å². The van der Waals surface area contributed by atoms with E-state index in [2.05, 4.69) is 38.9 Å². The van der Waals surface area contributed by atoms with E-state index in [-0.39, 0.29) is 17.6 Å². The third kappa shape index (κ3) is 2.88. The second-order valence-corrected chi connectivity index (χ2v) is 6.21. The van der Waals surface area contributed by atoms with Crippen LogP contribution < -0.4 is 5.32 Å². The second kappa shape index (κ2) is 5.94. The molecule has 0 amide bonds. The fourth-order valence-electron chi connectivity index (χ4n) is 2.91. The highest BCUT2D eigenvalue weighted by Crippen LogP contribution is 2.28. The summed E-state index contributed by atoms with van der Waals surface area (Å²) < 4.78 is 2.16. The van der Waals surface area contributed by atoms with Gasteiger partial charge in [-0.15, -0.1) is 10.2 Å². The Morgan fingerprint density at radius 2 is 2.17 bits per heavy atom. The normalized spacial score (nSPS) is 14.8. The molecule has 3 heterocycles. The molecule has 8 nitrogen and oxygen atoms in total. The molecular formula is C15H20N6O2. The van der Waals surface area contributed by atoms with Gasteiger partial charge in [-0.25, -0.2) is 4.98 Å². The van der Waals surface area contributed by atoms with E-state index in [1.165, 1.54) is 6.20 Å². The molecule has 1 aliphatic heterocycles. The van der Waals surface area contributed by atoms with Crippen LogP contribution in [-0.4, -0.2) is 24.7 Å².